The molecule has 5 nitrogen and oxygen atoms in total. The monoisotopic (exact) mass is 251 g/mol. The summed E-state index contributed by atoms with van der Waals surface area (Å²) in [6.07, 6.45) is 1.61. The first-order valence-corrected chi connectivity index (χ1v) is 5.90. The van der Waals surface area contributed by atoms with Gasteiger partial charge in [0, 0.05) is 11.8 Å². The molecule has 100 valence electrons. The zero-order chi connectivity index (χ0) is 13.6. The molecule has 0 aliphatic carbocycles. The van der Waals surface area contributed by atoms with Gasteiger partial charge in [0.1, 0.15) is 11.5 Å². The minimum atomic E-state index is -0.151. The maximum Gasteiger partial charge on any atom is 0.142 e. The fourth-order valence-corrected chi connectivity index (χ4v) is 1.39. The Morgan fingerprint density at radius 2 is 2.11 bits per heavy atom. The summed E-state index contributed by atoms with van der Waals surface area (Å²) in [6.45, 7) is 7.44. The molecule has 0 fully saturated rings. The molecule has 3 N–H and O–H groups in total. The van der Waals surface area contributed by atoms with Gasteiger partial charge < -0.3 is 15.2 Å². The van der Waals surface area contributed by atoms with E-state index in [2.05, 4.69) is 4.98 Å². The number of ether oxygens (including phenoxy) is 2. The van der Waals surface area contributed by atoms with Crippen LogP contribution in [-0.2, 0) is 16.1 Å². The first-order valence-electron chi connectivity index (χ1n) is 5.90. The van der Waals surface area contributed by atoms with Gasteiger partial charge >= 0.3 is 0 Å². The van der Waals surface area contributed by atoms with E-state index in [4.69, 9.17) is 20.6 Å². The van der Waals surface area contributed by atoms with Crippen LogP contribution in [0.15, 0.2) is 18.3 Å². The SMILES string of the molecule is CC(C)(C)OCCOCc1cccnc1C(=N)N. The molecular formula is C13H21N3O2. The fourth-order valence-electron chi connectivity index (χ4n) is 1.39. The van der Waals surface area contributed by atoms with Gasteiger partial charge in [-0.2, -0.15) is 0 Å². The highest BCUT2D eigenvalue weighted by Gasteiger charge is 2.10. The first-order chi connectivity index (χ1) is 8.40. The molecule has 0 aliphatic rings. The van der Waals surface area contributed by atoms with Crippen molar-refractivity contribution in [2.45, 2.75) is 33.0 Å². The van der Waals surface area contributed by atoms with Crippen molar-refractivity contribution in [1.82, 2.24) is 4.98 Å². The second-order valence-electron chi connectivity index (χ2n) is 4.94. The first kappa shape index (κ1) is 14.6. The summed E-state index contributed by atoms with van der Waals surface area (Å²) in [5.74, 6) is -0.0415. The van der Waals surface area contributed by atoms with Crippen LogP contribution in [0.1, 0.15) is 32.0 Å². The van der Waals surface area contributed by atoms with Crippen LogP contribution < -0.4 is 5.73 Å². The van der Waals surface area contributed by atoms with E-state index in [9.17, 15) is 0 Å². The molecule has 0 saturated heterocycles. The Morgan fingerprint density at radius 3 is 2.72 bits per heavy atom. The summed E-state index contributed by atoms with van der Waals surface area (Å²) in [5.41, 5.74) is 6.59. The second-order valence-corrected chi connectivity index (χ2v) is 4.94. The van der Waals surface area contributed by atoms with Crippen molar-refractivity contribution in [3.63, 3.8) is 0 Å². The number of nitrogen functional groups attached to an aromatic ring is 1. The normalized spacial score (nSPS) is 11.5. The molecule has 0 amide bonds. The van der Waals surface area contributed by atoms with Gasteiger partial charge in [0.15, 0.2) is 0 Å². The zero-order valence-corrected chi connectivity index (χ0v) is 11.2. The third-order valence-corrected chi connectivity index (χ3v) is 2.17. The second kappa shape index (κ2) is 6.47. The number of nitrogens with two attached hydrogens (primary N) is 1. The lowest BCUT2D eigenvalue weighted by Gasteiger charge is -2.19. The summed E-state index contributed by atoms with van der Waals surface area (Å²) in [5, 5.41) is 7.41. The predicted octanol–water partition coefficient (Wildman–Crippen LogP) is 1.70. The van der Waals surface area contributed by atoms with Gasteiger partial charge in [0.25, 0.3) is 0 Å². The zero-order valence-electron chi connectivity index (χ0n) is 11.2. The maximum atomic E-state index is 7.41. The van der Waals surface area contributed by atoms with Gasteiger partial charge in [-0.15, -0.1) is 0 Å². The number of amidine groups is 1. The van der Waals surface area contributed by atoms with Gasteiger partial charge in [-0.25, -0.2) is 0 Å². The van der Waals surface area contributed by atoms with Crippen LogP contribution in [0.2, 0.25) is 0 Å². The molecule has 0 bridgehead atoms. The highest BCUT2D eigenvalue weighted by atomic mass is 16.5. The van der Waals surface area contributed by atoms with Crippen molar-refractivity contribution < 1.29 is 9.47 Å². The number of aromatic nitrogens is 1. The van der Waals surface area contributed by atoms with E-state index in [0.717, 1.165) is 5.56 Å². The lowest BCUT2D eigenvalue weighted by molar-refractivity contribution is -0.0377. The summed E-state index contributed by atoms with van der Waals surface area (Å²) in [6, 6.07) is 3.66. The Kier molecular flexibility index (Phi) is 5.25. The van der Waals surface area contributed by atoms with E-state index < -0.39 is 0 Å². The number of hydrogen-bond acceptors (Lipinski definition) is 4. The van der Waals surface area contributed by atoms with Crippen LogP contribution in [0.4, 0.5) is 0 Å². The minimum absolute atomic E-state index is 0.0415. The maximum absolute atomic E-state index is 7.41. The molecule has 1 heterocycles. The largest absolute Gasteiger partial charge is 0.382 e. The van der Waals surface area contributed by atoms with E-state index in [1.165, 1.54) is 0 Å². The third-order valence-electron chi connectivity index (χ3n) is 2.17. The molecule has 0 aromatic carbocycles. The van der Waals surface area contributed by atoms with Crippen molar-refractivity contribution in [1.29, 1.82) is 5.41 Å². The van der Waals surface area contributed by atoms with Crippen LogP contribution in [-0.4, -0.2) is 29.6 Å². The smallest absolute Gasteiger partial charge is 0.142 e. The van der Waals surface area contributed by atoms with Gasteiger partial charge in [-0.05, 0) is 26.8 Å². The lowest BCUT2D eigenvalue weighted by Crippen LogP contribution is -2.22. The quantitative estimate of drug-likeness (QED) is 0.458. The molecule has 0 unspecified atom stereocenters. The van der Waals surface area contributed by atoms with Gasteiger partial charge in [0.2, 0.25) is 0 Å². The van der Waals surface area contributed by atoms with Crippen LogP contribution in [0.5, 0.6) is 0 Å². The van der Waals surface area contributed by atoms with E-state index in [-0.39, 0.29) is 11.4 Å². The Morgan fingerprint density at radius 1 is 1.39 bits per heavy atom. The highest BCUT2D eigenvalue weighted by molar-refractivity contribution is 5.94. The highest BCUT2D eigenvalue weighted by Crippen LogP contribution is 2.08. The lowest BCUT2D eigenvalue weighted by atomic mass is 10.2. The van der Waals surface area contributed by atoms with Crippen molar-refractivity contribution in [3.8, 4) is 0 Å². The standard InChI is InChI=1S/C13H21N3O2/c1-13(2,3)18-8-7-17-9-10-5-4-6-16-11(10)12(14)15/h4-6H,7-9H2,1-3H3,(H3,14,15). The number of nitrogens with zero attached hydrogens (tertiary/aromatic N) is 1. The molecule has 0 aliphatic heterocycles. The minimum Gasteiger partial charge on any atom is -0.382 e. The van der Waals surface area contributed by atoms with Crippen molar-refractivity contribution in [3.05, 3.63) is 29.6 Å². The molecule has 1 aromatic rings. The van der Waals surface area contributed by atoms with Gasteiger partial charge in [-0.3, -0.25) is 10.4 Å². The van der Waals surface area contributed by atoms with E-state index in [1.54, 1.807) is 12.3 Å². The molecule has 0 saturated carbocycles. The molecule has 18 heavy (non-hydrogen) atoms. The third kappa shape index (κ3) is 5.25. The van der Waals surface area contributed by atoms with Crippen LogP contribution in [0, 0.1) is 5.41 Å². The van der Waals surface area contributed by atoms with E-state index >= 15 is 0 Å². The van der Waals surface area contributed by atoms with Crippen molar-refractivity contribution >= 4 is 5.84 Å². The molecule has 0 atom stereocenters. The molecule has 1 rings (SSSR count). The number of pyridine rings is 1. The summed E-state index contributed by atoms with van der Waals surface area (Å²) < 4.78 is 11.0. The molecular weight excluding hydrogens is 230 g/mol. The topological polar surface area (TPSA) is 81.2 Å². The van der Waals surface area contributed by atoms with Crippen LogP contribution >= 0.6 is 0 Å². The molecule has 5 heteroatoms. The Bertz CT molecular complexity index is 399. The van der Waals surface area contributed by atoms with Crippen LogP contribution in [0.25, 0.3) is 0 Å². The number of hydrogen-bond donors (Lipinski definition) is 2. The number of nitrogens with one attached hydrogen (secondary N) is 1. The fraction of sp³-hybridized carbons (Fsp3) is 0.538. The Hall–Kier alpha value is -1.46. The Balaban J connectivity index is 2.38. The van der Waals surface area contributed by atoms with Crippen molar-refractivity contribution in [2.24, 2.45) is 5.73 Å². The molecule has 0 radical (unpaired) electrons. The molecule has 0 spiro atoms. The van der Waals surface area contributed by atoms with E-state index in [1.807, 2.05) is 26.8 Å². The molecule has 1 aromatic heterocycles. The van der Waals surface area contributed by atoms with Gasteiger partial charge in [-0.1, -0.05) is 6.07 Å². The number of rotatable bonds is 6. The van der Waals surface area contributed by atoms with Crippen LogP contribution in [0.3, 0.4) is 0 Å². The van der Waals surface area contributed by atoms with Crippen molar-refractivity contribution in [2.75, 3.05) is 13.2 Å². The summed E-state index contributed by atoms with van der Waals surface area (Å²) in [4.78, 5) is 4.06. The summed E-state index contributed by atoms with van der Waals surface area (Å²) in [7, 11) is 0. The van der Waals surface area contributed by atoms with Gasteiger partial charge in [0.05, 0.1) is 25.4 Å². The summed E-state index contributed by atoms with van der Waals surface area (Å²) >= 11 is 0. The predicted molar refractivity (Wildman–Crippen MR) is 70.6 cm³/mol. The van der Waals surface area contributed by atoms with E-state index in [0.29, 0.717) is 25.5 Å². The Labute approximate surface area is 108 Å². The average Bonchev–Trinajstić information content (AvgIpc) is 2.27. The average molecular weight is 251 g/mol.